The number of amides is 1. The Morgan fingerprint density at radius 2 is 2.36 bits per heavy atom. The minimum Gasteiger partial charge on any atom is -0.497 e. The van der Waals surface area contributed by atoms with Crippen LogP contribution in [0.2, 0.25) is 0 Å². The first-order valence-corrected chi connectivity index (χ1v) is 8.72. The molecule has 0 radical (unpaired) electrons. The molecule has 7 heteroatoms. The fraction of sp³-hybridized carbons (Fsp3) is 0.556. The summed E-state index contributed by atoms with van der Waals surface area (Å²) >= 11 is 0. The molecular formula is C18H26N4O3. The first-order chi connectivity index (χ1) is 12.0. The number of benzene rings is 1. The zero-order valence-corrected chi connectivity index (χ0v) is 14.9. The molecule has 2 N–H and O–H groups in total. The lowest BCUT2D eigenvalue weighted by Gasteiger charge is -2.30. The Bertz CT molecular complexity index is 730. The summed E-state index contributed by atoms with van der Waals surface area (Å²) in [4.78, 5) is 23.9. The van der Waals surface area contributed by atoms with Crippen molar-refractivity contribution in [3.05, 3.63) is 24.0 Å². The van der Waals surface area contributed by atoms with Gasteiger partial charge in [-0.3, -0.25) is 9.69 Å². The van der Waals surface area contributed by atoms with Crippen LogP contribution < -0.4 is 4.74 Å². The maximum Gasteiger partial charge on any atom is 0.236 e. The largest absolute Gasteiger partial charge is 0.497 e. The van der Waals surface area contributed by atoms with Crippen LogP contribution in [0.4, 0.5) is 0 Å². The second-order valence-corrected chi connectivity index (χ2v) is 6.66. The van der Waals surface area contributed by atoms with Crippen molar-refractivity contribution in [3.8, 4) is 5.75 Å². The topological polar surface area (TPSA) is 81.7 Å². The molecule has 2 heterocycles. The normalized spacial score (nSPS) is 18.4. The van der Waals surface area contributed by atoms with E-state index >= 15 is 0 Å². The highest BCUT2D eigenvalue weighted by molar-refractivity contribution is 5.78. The lowest BCUT2D eigenvalue weighted by atomic mass is 10.1. The van der Waals surface area contributed by atoms with Gasteiger partial charge in [0.1, 0.15) is 11.6 Å². The molecule has 7 nitrogen and oxygen atoms in total. The van der Waals surface area contributed by atoms with Crippen LogP contribution in [0.25, 0.3) is 11.0 Å². The Labute approximate surface area is 147 Å². The number of likely N-dealkylation sites (tertiary alicyclic amines) is 1. The van der Waals surface area contributed by atoms with Gasteiger partial charge in [-0.05, 0) is 31.5 Å². The molecule has 1 amide bonds. The number of imidazole rings is 1. The van der Waals surface area contributed by atoms with E-state index in [0.29, 0.717) is 26.1 Å². The molecule has 1 aromatic carbocycles. The van der Waals surface area contributed by atoms with Gasteiger partial charge in [-0.2, -0.15) is 0 Å². The van der Waals surface area contributed by atoms with Gasteiger partial charge < -0.3 is 19.7 Å². The third kappa shape index (κ3) is 4.49. The number of nitrogens with zero attached hydrogens (tertiary/aromatic N) is 3. The van der Waals surface area contributed by atoms with Gasteiger partial charge in [-0.25, -0.2) is 4.98 Å². The maximum atomic E-state index is 12.4. The Kier molecular flexibility index (Phi) is 5.55. The second-order valence-electron chi connectivity index (χ2n) is 6.66. The van der Waals surface area contributed by atoms with E-state index in [1.54, 1.807) is 12.0 Å². The van der Waals surface area contributed by atoms with Crippen molar-refractivity contribution in [2.45, 2.75) is 25.4 Å². The number of ether oxygens (including phenoxy) is 1. The van der Waals surface area contributed by atoms with Crippen LogP contribution >= 0.6 is 0 Å². The van der Waals surface area contributed by atoms with Crippen LogP contribution in [0.15, 0.2) is 18.2 Å². The molecule has 0 aliphatic carbocycles. The molecule has 2 aromatic rings. The zero-order chi connectivity index (χ0) is 17.8. The number of likely N-dealkylation sites (N-methyl/N-ethyl adjacent to an activating group) is 1. The molecule has 1 unspecified atom stereocenters. The van der Waals surface area contributed by atoms with Crippen molar-refractivity contribution < 1.29 is 14.6 Å². The van der Waals surface area contributed by atoms with E-state index in [1.165, 1.54) is 0 Å². The maximum absolute atomic E-state index is 12.4. The van der Waals surface area contributed by atoms with E-state index in [1.807, 2.05) is 30.1 Å². The van der Waals surface area contributed by atoms with Crippen LogP contribution in [0, 0.1) is 0 Å². The molecule has 1 fully saturated rings. The number of hydrogen-bond donors (Lipinski definition) is 2. The number of H-pyrrole nitrogens is 1. The number of aliphatic hydroxyl groups excluding tert-OH is 1. The lowest BCUT2D eigenvalue weighted by Crippen LogP contribution is -2.45. The second kappa shape index (κ2) is 7.84. The summed E-state index contributed by atoms with van der Waals surface area (Å²) in [6.07, 6.45) is 2.14. The van der Waals surface area contributed by atoms with Gasteiger partial charge in [-0.1, -0.05) is 0 Å². The number of nitrogens with one attached hydrogen (secondary N) is 1. The van der Waals surface area contributed by atoms with Crippen molar-refractivity contribution in [1.82, 2.24) is 19.8 Å². The smallest absolute Gasteiger partial charge is 0.236 e. The Hall–Kier alpha value is -2.12. The highest BCUT2D eigenvalue weighted by atomic mass is 16.5. The highest BCUT2D eigenvalue weighted by Gasteiger charge is 2.21. The van der Waals surface area contributed by atoms with Crippen molar-refractivity contribution in [1.29, 1.82) is 0 Å². The first-order valence-electron chi connectivity index (χ1n) is 8.72. The highest BCUT2D eigenvalue weighted by Crippen LogP contribution is 2.19. The SMILES string of the molecule is COc1ccc2nc(CCN(C)C(=O)CN3CCCC(O)C3)[nH]c2c1. The van der Waals surface area contributed by atoms with E-state index < -0.39 is 0 Å². The molecule has 1 atom stereocenters. The van der Waals surface area contributed by atoms with Crippen LogP contribution in [0.5, 0.6) is 5.75 Å². The van der Waals surface area contributed by atoms with Crippen LogP contribution in [0.3, 0.4) is 0 Å². The van der Waals surface area contributed by atoms with Crippen molar-refractivity contribution >= 4 is 16.9 Å². The number of β-amino-alcohol motifs (C(OH)–C–C–N with tert-alkyl or cyclic N) is 1. The standard InChI is InChI=1S/C18H26N4O3/c1-21(18(24)12-22-8-3-4-13(23)11-22)9-7-17-19-15-6-5-14(25-2)10-16(15)20-17/h5-6,10,13,23H,3-4,7-9,11-12H2,1-2H3,(H,19,20). The molecule has 0 bridgehead atoms. The molecule has 0 spiro atoms. The van der Waals surface area contributed by atoms with Gasteiger partial charge in [0, 0.05) is 32.6 Å². The number of carbonyl (C=O) groups excluding carboxylic acids is 1. The summed E-state index contributed by atoms with van der Waals surface area (Å²) < 4.78 is 5.22. The number of fused-ring (bicyclic) bond motifs is 1. The van der Waals surface area contributed by atoms with Gasteiger partial charge in [-0.15, -0.1) is 0 Å². The lowest BCUT2D eigenvalue weighted by molar-refractivity contribution is -0.131. The number of aliphatic hydroxyl groups is 1. The average molecular weight is 346 g/mol. The van der Waals surface area contributed by atoms with E-state index in [9.17, 15) is 9.90 Å². The van der Waals surface area contributed by atoms with Crippen LogP contribution in [0.1, 0.15) is 18.7 Å². The number of carbonyl (C=O) groups is 1. The molecule has 1 aliphatic heterocycles. The Balaban J connectivity index is 1.52. The van der Waals surface area contributed by atoms with E-state index in [-0.39, 0.29) is 12.0 Å². The van der Waals surface area contributed by atoms with E-state index in [4.69, 9.17) is 4.74 Å². The summed E-state index contributed by atoms with van der Waals surface area (Å²) in [7, 11) is 3.45. The first kappa shape index (κ1) is 17.7. The van der Waals surface area contributed by atoms with Gasteiger partial charge in [0.2, 0.25) is 5.91 Å². The Morgan fingerprint density at radius 1 is 1.52 bits per heavy atom. The molecule has 3 rings (SSSR count). The predicted octanol–water partition coefficient (Wildman–Crippen LogP) is 1.03. The van der Waals surface area contributed by atoms with Gasteiger partial charge in [0.15, 0.2) is 0 Å². The van der Waals surface area contributed by atoms with E-state index in [0.717, 1.165) is 42.0 Å². The van der Waals surface area contributed by atoms with Gasteiger partial charge in [0.05, 0.1) is 30.8 Å². The molecular weight excluding hydrogens is 320 g/mol. The number of hydrogen-bond acceptors (Lipinski definition) is 5. The summed E-state index contributed by atoms with van der Waals surface area (Å²) in [6.45, 7) is 2.43. The van der Waals surface area contributed by atoms with Gasteiger partial charge in [0.25, 0.3) is 0 Å². The van der Waals surface area contributed by atoms with Crippen molar-refractivity contribution in [2.75, 3.05) is 40.3 Å². The molecule has 0 saturated carbocycles. The Morgan fingerprint density at radius 3 is 3.12 bits per heavy atom. The summed E-state index contributed by atoms with van der Waals surface area (Å²) in [6, 6.07) is 5.72. The predicted molar refractivity (Wildman–Crippen MR) is 95.7 cm³/mol. The van der Waals surface area contributed by atoms with E-state index in [2.05, 4.69) is 9.97 Å². The van der Waals surface area contributed by atoms with Gasteiger partial charge >= 0.3 is 0 Å². The third-order valence-electron chi connectivity index (χ3n) is 4.69. The number of aromatic nitrogens is 2. The minimum absolute atomic E-state index is 0.0758. The summed E-state index contributed by atoms with van der Waals surface area (Å²) in [5, 5.41) is 9.70. The molecule has 25 heavy (non-hydrogen) atoms. The minimum atomic E-state index is -0.306. The van der Waals surface area contributed by atoms with Crippen molar-refractivity contribution in [2.24, 2.45) is 0 Å². The van der Waals surface area contributed by atoms with Crippen LogP contribution in [-0.4, -0.2) is 77.2 Å². The summed E-state index contributed by atoms with van der Waals surface area (Å²) in [5.74, 6) is 1.72. The quantitative estimate of drug-likeness (QED) is 0.816. The zero-order valence-electron chi connectivity index (χ0n) is 14.9. The number of aromatic amines is 1. The molecule has 1 aromatic heterocycles. The third-order valence-corrected chi connectivity index (χ3v) is 4.69. The fourth-order valence-electron chi connectivity index (χ4n) is 3.17. The number of rotatable bonds is 6. The average Bonchev–Trinajstić information content (AvgIpc) is 3.01. The van der Waals surface area contributed by atoms with Crippen molar-refractivity contribution in [3.63, 3.8) is 0 Å². The number of methoxy groups -OCH3 is 1. The molecule has 1 saturated heterocycles. The van der Waals surface area contributed by atoms with Crippen LogP contribution in [-0.2, 0) is 11.2 Å². The molecule has 1 aliphatic rings. The monoisotopic (exact) mass is 346 g/mol. The number of piperidine rings is 1. The summed E-state index contributed by atoms with van der Waals surface area (Å²) in [5.41, 5.74) is 1.83. The molecule has 136 valence electrons. The fourth-order valence-corrected chi connectivity index (χ4v) is 3.17.